The number of ether oxygens (including phenoxy) is 2. The summed E-state index contributed by atoms with van der Waals surface area (Å²) in [5.74, 6) is -2.10. The molecule has 0 fully saturated rings. The highest BCUT2D eigenvalue weighted by molar-refractivity contribution is 6.60. The van der Waals surface area contributed by atoms with Crippen LogP contribution in [0.15, 0.2) is 42.5 Å². The molecule has 2 aromatic rings. The molecular formula is C15H13NO5. The molecule has 6 heteroatoms. The van der Waals surface area contributed by atoms with E-state index < -0.39 is 17.7 Å². The zero-order valence-corrected chi connectivity index (χ0v) is 11.5. The molecule has 0 aliphatic heterocycles. The normalized spacial score (nSPS) is 10.0. The van der Waals surface area contributed by atoms with E-state index in [9.17, 15) is 14.8 Å². The molecule has 2 rings (SSSR count). The third kappa shape index (κ3) is 2.84. The maximum Gasteiger partial charge on any atom is 0.412 e. The van der Waals surface area contributed by atoms with E-state index in [1.54, 1.807) is 12.1 Å². The molecule has 108 valence electrons. The molecule has 0 atom stereocenters. The molecule has 0 saturated heterocycles. The number of rotatable bonds is 3. The summed E-state index contributed by atoms with van der Waals surface area (Å²) >= 11 is 0. The maximum atomic E-state index is 12.3. The minimum absolute atomic E-state index is 0.138. The van der Waals surface area contributed by atoms with Gasteiger partial charge in [0.25, 0.3) is 0 Å². The standard InChI is InChI=1S/C15H13NO5/c1-20-14(17)13(15(18)21-2)16(19)12-8-7-10-5-3-4-6-11(10)9-12/h3-9H,1-2H3. The van der Waals surface area contributed by atoms with E-state index in [1.807, 2.05) is 24.3 Å². The zero-order chi connectivity index (χ0) is 15.4. The van der Waals surface area contributed by atoms with Crippen molar-refractivity contribution in [3.63, 3.8) is 0 Å². The van der Waals surface area contributed by atoms with Crippen molar-refractivity contribution in [3.05, 3.63) is 47.7 Å². The first-order chi connectivity index (χ1) is 10.1. The monoisotopic (exact) mass is 287 g/mol. The van der Waals surface area contributed by atoms with Crippen LogP contribution in [0.2, 0.25) is 0 Å². The van der Waals surface area contributed by atoms with Gasteiger partial charge in [-0.2, -0.15) is 4.74 Å². The zero-order valence-electron chi connectivity index (χ0n) is 11.5. The lowest BCUT2D eigenvalue weighted by Gasteiger charge is -2.08. The van der Waals surface area contributed by atoms with Crippen molar-refractivity contribution in [2.75, 3.05) is 14.2 Å². The molecule has 0 heterocycles. The van der Waals surface area contributed by atoms with Gasteiger partial charge in [-0.15, -0.1) is 0 Å². The van der Waals surface area contributed by atoms with Crippen LogP contribution >= 0.6 is 0 Å². The summed E-state index contributed by atoms with van der Waals surface area (Å²) in [4.78, 5) is 23.2. The Kier molecular flexibility index (Phi) is 4.18. The van der Waals surface area contributed by atoms with Gasteiger partial charge in [0.1, 0.15) is 0 Å². The Morgan fingerprint density at radius 2 is 1.52 bits per heavy atom. The molecule has 2 aromatic carbocycles. The Morgan fingerprint density at radius 1 is 0.952 bits per heavy atom. The number of benzene rings is 2. The van der Waals surface area contributed by atoms with Crippen LogP contribution in [0.3, 0.4) is 0 Å². The van der Waals surface area contributed by atoms with E-state index in [1.165, 1.54) is 6.07 Å². The van der Waals surface area contributed by atoms with Crippen molar-refractivity contribution >= 4 is 34.1 Å². The maximum absolute atomic E-state index is 12.3. The predicted octanol–water partition coefficient (Wildman–Crippen LogP) is 1.77. The number of carbonyl (C=O) groups excluding carboxylic acids is 2. The molecular weight excluding hydrogens is 274 g/mol. The molecule has 0 radical (unpaired) electrons. The molecule has 6 nitrogen and oxygen atoms in total. The molecule has 0 N–H and O–H groups in total. The largest absolute Gasteiger partial charge is 0.617 e. The Balaban J connectivity index is 2.60. The van der Waals surface area contributed by atoms with Crippen LogP contribution in [0.1, 0.15) is 0 Å². The Labute approximate surface area is 120 Å². The lowest BCUT2D eigenvalue weighted by atomic mass is 10.1. The Bertz CT molecular complexity index is 718. The average Bonchev–Trinajstić information content (AvgIpc) is 2.53. The Morgan fingerprint density at radius 3 is 2.10 bits per heavy atom. The van der Waals surface area contributed by atoms with Gasteiger partial charge in [0.05, 0.1) is 14.2 Å². The van der Waals surface area contributed by atoms with Crippen molar-refractivity contribution < 1.29 is 23.8 Å². The summed E-state index contributed by atoms with van der Waals surface area (Å²) in [6.45, 7) is 0. The van der Waals surface area contributed by atoms with E-state index in [0.717, 1.165) is 25.0 Å². The van der Waals surface area contributed by atoms with Gasteiger partial charge in [-0.3, -0.25) is 0 Å². The second-order valence-corrected chi connectivity index (χ2v) is 4.16. The van der Waals surface area contributed by atoms with Crippen LogP contribution in [-0.4, -0.2) is 36.6 Å². The summed E-state index contributed by atoms with van der Waals surface area (Å²) in [5.41, 5.74) is -0.588. The van der Waals surface area contributed by atoms with Crippen LogP contribution < -0.4 is 0 Å². The first-order valence-electron chi connectivity index (χ1n) is 6.08. The van der Waals surface area contributed by atoms with E-state index >= 15 is 0 Å². The smallest absolute Gasteiger partial charge is 0.412 e. The van der Waals surface area contributed by atoms with Crippen LogP contribution in [0, 0.1) is 5.21 Å². The van der Waals surface area contributed by atoms with Gasteiger partial charge in [0.2, 0.25) is 5.69 Å². The fourth-order valence-corrected chi connectivity index (χ4v) is 1.87. The molecule has 0 bridgehead atoms. The first kappa shape index (κ1) is 14.5. The van der Waals surface area contributed by atoms with Crippen molar-refractivity contribution in [1.82, 2.24) is 0 Å². The van der Waals surface area contributed by atoms with Crippen LogP contribution in [-0.2, 0) is 19.1 Å². The second-order valence-electron chi connectivity index (χ2n) is 4.16. The highest BCUT2D eigenvalue weighted by Crippen LogP contribution is 2.21. The number of esters is 2. The number of hydrogen-bond donors (Lipinski definition) is 0. The van der Waals surface area contributed by atoms with Gasteiger partial charge in [-0.1, -0.05) is 24.3 Å². The molecule has 0 unspecified atom stereocenters. The highest BCUT2D eigenvalue weighted by Gasteiger charge is 2.32. The van der Waals surface area contributed by atoms with Crippen molar-refractivity contribution in [2.24, 2.45) is 0 Å². The van der Waals surface area contributed by atoms with Crippen molar-refractivity contribution in [2.45, 2.75) is 0 Å². The second kappa shape index (κ2) is 6.04. The van der Waals surface area contributed by atoms with Gasteiger partial charge in [0, 0.05) is 12.1 Å². The third-order valence-electron chi connectivity index (χ3n) is 2.93. The van der Waals surface area contributed by atoms with E-state index in [4.69, 9.17) is 0 Å². The molecule has 0 aromatic heterocycles. The first-order valence-corrected chi connectivity index (χ1v) is 6.08. The predicted molar refractivity (Wildman–Crippen MR) is 76.3 cm³/mol. The summed E-state index contributed by atoms with van der Waals surface area (Å²) < 4.78 is 9.11. The van der Waals surface area contributed by atoms with Crippen molar-refractivity contribution in [3.8, 4) is 0 Å². The van der Waals surface area contributed by atoms with Crippen molar-refractivity contribution in [1.29, 1.82) is 0 Å². The SMILES string of the molecule is COC(=O)C(C(=O)OC)=[N+]([O-])c1ccc2ccccc2c1. The molecule has 0 aliphatic carbocycles. The molecule has 0 spiro atoms. The van der Waals surface area contributed by atoms with Gasteiger partial charge in [-0.05, 0) is 16.8 Å². The summed E-state index contributed by atoms with van der Waals surface area (Å²) in [5, 5.41) is 14.0. The number of fused-ring (bicyclic) bond motifs is 1. The summed E-state index contributed by atoms with van der Waals surface area (Å²) in [7, 11) is 2.17. The van der Waals surface area contributed by atoms with Crippen LogP contribution in [0.25, 0.3) is 10.8 Å². The van der Waals surface area contributed by atoms with Gasteiger partial charge >= 0.3 is 17.7 Å². The minimum Gasteiger partial charge on any atom is -0.617 e. The number of hydrogen-bond acceptors (Lipinski definition) is 5. The molecule has 0 aliphatic rings. The van der Waals surface area contributed by atoms with Gasteiger partial charge < -0.3 is 14.7 Å². The van der Waals surface area contributed by atoms with Crippen LogP contribution in [0.5, 0.6) is 0 Å². The quantitative estimate of drug-likeness (QED) is 0.215. The topological polar surface area (TPSA) is 78.7 Å². The lowest BCUT2D eigenvalue weighted by Crippen LogP contribution is -2.32. The number of methoxy groups -OCH3 is 2. The van der Waals surface area contributed by atoms with E-state index in [2.05, 4.69) is 9.47 Å². The highest BCUT2D eigenvalue weighted by atomic mass is 16.6. The number of carbonyl (C=O) groups is 2. The molecule has 21 heavy (non-hydrogen) atoms. The average molecular weight is 287 g/mol. The van der Waals surface area contributed by atoms with Crippen LogP contribution in [0.4, 0.5) is 5.69 Å². The minimum atomic E-state index is -1.05. The van der Waals surface area contributed by atoms with Gasteiger partial charge in [0.15, 0.2) is 0 Å². The third-order valence-corrected chi connectivity index (χ3v) is 2.93. The Hall–Kier alpha value is -2.89. The molecule has 0 amide bonds. The fourth-order valence-electron chi connectivity index (χ4n) is 1.87. The summed E-state index contributed by atoms with van der Waals surface area (Å²) in [6.07, 6.45) is 0. The summed E-state index contributed by atoms with van der Waals surface area (Å²) in [6, 6.07) is 12.2. The number of nitrogens with zero attached hydrogens (tertiary/aromatic N) is 1. The molecule has 0 saturated carbocycles. The fraction of sp³-hybridized carbons (Fsp3) is 0.133. The van der Waals surface area contributed by atoms with E-state index in [-0.39, 0.29) is 10.4 Å². The van der Waals surface area contributed by atoms with Gasteiger partial charge in [-0.25, -0.2) is 9.59 Å². The van der Waals surface area contributed by atoms with E-state index in [0.29, 0.717) is 0 Å². The lowest BCUT2D eigenvalue weighted by molar-refractivity contribution is -0.360.